The van der Waals surface area contributed by atoms with Gasteiger partial charge in [0.2, 0.25) is 5.88 Å². The fourth-order valence-corrected chi connectivity index (χ4v) is 2.00. The van der Waals surface area contributed by atoms with Gasteiger partial charge in [0.25, 0.3) is 0 Å². The predicted molar refractivity (Wildman–Crippen MR) is 85.7 cm³/mol. The molecule has 1 aromatic carbocycles. The normalized spacial score (nSPS) is 11.8. The van der Waals surface area contributed by atoms with E-state index in [0.717, 1.165) is 23.0 Å². The largest absolute Gasteiger partial charge is 0.475 e. The van der Waals surface area contributed by atoms with E-state index in [1.807, 2.05) is 18.2 Å². The smallest absolute Gasteiger partial charge is 0.221 e. The van der Waals surface area contributed by atoms with Gasteiger partial charge in [-0.05, 0) is 38.3 Å². The quantitative estimate of drug-likeness (QED) is 0.829. The lowest BCUT2D eigenvalue weighted by atomic mass is 10.1. The molecular formula is C17H24N2O2. The summed E-state index contributed by atoms with van der Waals surface area (Å²) in [7, 11) is 1.67. The summed E-state index contributed by atoms with van der Waals surface area (Å²) >= 11 is 0. The number of pyridine rings is 1. The molecule has 114 valence electrons. The van der Waals surface area contributed by atoms with E-state index in [1.165, 1.54) is 0 Å². The molecule has 21 heavy (non-hydrogen) atoms. The second-order valence-electron chi connectivity index (χ2n) is 6.08. The lowest BCUT2D eigenvalue weighted by molar-refractivity contribution is 0.144. The zero-order valence-corrected chi connectivity index (χ0v) is 13.3. The van der Waals surface area contributed by atoms with Gasteiger partial charge in [-0.1, -0.05) is 18.2 Å². The standard InChI is InChI=1S/C17H24N2O2/c1-17(2,3)18-12-14-11-13-7-5-6-8-15(13)16(19-14)21-10-9-20-4/h5-8,11,18H,9-10,12H2,1-4H3. The summed E-state index contributed by atoms with van der Waals surface area (Å²) in [5.41, 5.74) is 1.04. The molecule has 0 radical (unpaired) electrons. The first-order valence-corrected chi connectivity index (χ1v) is 7.25. The van der Waals surface area contributed by atoms with E-state index < -0.39 is 0 Å². The Bertz CT molecular complexity index is 591. The Hall–Kier alpha value is -1.65. The molecule has 1 heterocycles. The Morgan fingerprint density at radius 2 is 1.90 bits per heavy atom. The minimum absolute atomic E-state index is 0.0599. The molecule has 0 bridgehead atoms. The van der Waals surface area contributed by atoms with Gasteiger partial charge in [-0.3, -0.25) is 0 Å². The van der Waals surface area contributed by atoms with Crippen LogP contribution in [0.5, 0.6) is 5.88 Å². The van der Waals surface area contributed by atoms with Crippen LogP contribution in [0.4, 0.5) is 0 Å². The number of hydrogen-bond acceptors (Lipinski definition) is 4. The number of methoxy groups -OCH3 is 1. The highest BCUT2D eigenvalue weighted by molar-refractivity contribution is 5.87. The molecule has 0 aliphatic heterocycles. The summed E-state index contributed by atoms with van der Waals surface area (Å²) in [6, 6.07) is 10.3. The third-order valence-corrected chi connectivity index (χ3v) is 3.08. The Balaban J connectivity index is 2.26. The van der Waals surface area contributed by atoms with E-state index in [-0.39, 0.29) is 5.54 Å². The van der Waals surface area contributed by atoms with Crippen molar-refractivity contribution in [2.24, 2.45) is 0 Å². The van der Waals surface area contributed by atoms with Crippen molar-refractivity contribution in [3.8, 4) is 5.88 Å². The van der Waals surface area contributed by atoms with E-state index in [4.69, 9.17) is 9.47 Å². The number of benzene rings is 1. The fourth-order valence-electron chi connectivity index (χ4n) is 2.00. The summed E-state index contributed by atoms with van der Waals surface area (Å²) in [5.74, 6) is 0.677. The van der Waals surface area contributed by atoms with Gasteiger partial charge in [-0.25, -0.2) is 4.98 Å². The molecule has 0 amide bonds. The number of rotatable bonds is 6. The molecule has 0 saturated carbocycles. The first-order chi connectivity index (χ1) is 9.99. The van der Waals surface area contributed by atoms with Crippen molar-refractivity contribution in [1.82, 2.24) is 10.3 Å². The molecule has 4 nitrogen and oxygen atoms in total. The average molecular weight is 288 g/mol. The Kier molecular flexibility index (Phi) is 5.15. The van der Waals surface area contributed by atoms with Crippen LogP contribution in [-0.2, 0) is 11.3 Å². The van der Waals surface area contributed by atoms with Crippen LogP contribution in [0, 0.1) is 0 Å². The van der Waals surface area contributed by atoms with Gasteiger partial charge in [0.15, 0.2) is 0 Å². The highest BCUT2D eigenvalue weighted by Gasteiger charge is 2.11. The van der Waals surface area contributed by atoms with Crippen LogP contribution < -0.4 is 10.1 Å². The van der Waals surface area contributed by atoms with Crippen LogP contribution in [-0.4, -0.2) is 30.8 Å². The van der Waals surface area contributed by atoms with E-state index in [2.05, 4.69) is 43.2 Å². The highest BCUT2D eigenvalue weighted by atomic mass is 16.5. The van der Waals surface area contributed by atoms with Gasteiger partial charge in [-0.15, -0.1) is 0 Å². The lowest BCUT2D eigenvalue weighted by Crippen LogP contribution is -2.35. The summed E-state index contributed by atoms with van der Waals surface area (Å²) in [4.78, 5) is 4.64. The zero-order chi connectivity index (χ0) is 15.3. The summed E-state index contributed by atoms with van der Waals surface area (Å²) in [6.07, 6.45) is 0. The van der Waals surface area contributed by atoms with E-state index in [1.54, 1.807) is 7.11 Å². The monoisotopic (exact) mass is 288 g/mol. The van der Waals surface area contributed by atoms with Crippen LogP contribution in [0.1, 0.15) is 26.5 Å². The van der Waals surface area contributed by atoms with Crippen LogP contribution in [0.25, 0.3) is 10.8 Å². The van der Waals surface area contributed by atoms with Crippen molar-refractivity contribution >= 4 is 10.8 Å². The number of nitrogens with zero attached hydrogens (tertiary/aromatic N) is 1. The summed E-state index contributed by atoms with van der Waals surface area (Å²) in [5, 5.41) is 5.63. The third-order valence-electron chi connectivity index (χ3n) is 3.08. The maximum absolute atomic E-state index is 5.77. The molecule has 4 heteroatoms. The Labute approximate surface area is 126 Å². The molecule has 0 saturated heterocycles. The summed E-state index contributed by atoms with van der Waals surface area (Å²) < 4.78 is 10.8. The molecule has 0 unspecified atom stereocenters. The van der Waals surface area contributed by atoms with Crippen LogP contribution in [0.15, 0.2) is 30.3 Å². The minimum atomic E-state index is 0.0599. The third kappa shape index (κ3) is 4.69. The van der Waals surface area contributed by atoms with E-state index in [0.29, 0.717) is 19.1 Å². The van der Waals surface area contributed by atoms with E-state index in [9.17, 15) is 0 Å². The first kappa shape index (κ1) is 15.7. The van der Waals surface area contributed by atoms with Gasteiger partial charge in [0, 0.05) is 24.6 Å². The second-order valence-corrected chi connectivity index (χ2v) is 6.08. The fraction of sp³-hybridized carbons (Fsp3) is 0.471. The van der Waals surface area contributed by atoms with Crippen molar-refractivity contribution in [2.45, 2.75) is 32.9 Å². The van der Waals surface area contributed by atoms with Crippen LogP contribution in [0.2, 0.25) is 0 Å². The summed E-state index contributed by atoms with van der Waals surface area (Å²) in [6.45, 7) is 8.21. The minimum Gasteiger partial charge on any atom is -0.475 e. The maximum atomic E-state index is 5.77. The Morgan fingerprint density at radius 3 is 2.62 bits per heavy atom. The molecule has 1 aromatic heterocycles. The SMILES string of the molecule is COCCOc1nc(CNC(C)(C)C)cc2ccccc12. The van der Waals surface area contributed by atoms with E-state index >= 15 is 0 Å². The van der Waals surface area contributed by atoms with Crippen molar-refractivity contribution in [2.75, 3.05) is 20.3 Å². The second kappa shape index (κ2) is 6.87. The number of nitrogens with one attached hydrogen (secondary N) is 1. The van der Waals surface area contributed by atoms with Gasteiger partial charge in [0.1, 0.15) is 6.61 Å². The van der Waals surface area contributed by atoms with Crippen LogP contribution >= 0.6 is 0 Å². The first-order valence-electron chi connectivity index (χ1n) is 7.25. The average Bonchev–Trinajstić information content (AvgIpc) is 2.44. The van der Waals surface area contributed by atoms with Crippen molar-refractivity contribution < 1.29 is 9.47 Å². The maximum Gasteiger partial charge on any atom is 0.221 e. The highest BCUT2D eigenvalue weighted by Crippen LogP contribution is 2.24. The van der Waals surface area contributed by atoms with Gasteiger partial charge < -0.3 is 14.8 Å². The van der Waals surface area contributed by atoms with Crippen molar-refractivity contribution in [3.05, 3.63) is 36.0 Å². The molecule has 0 atom stereocenters. The molecule has 2 aromatic rings. The Morgan fingerprint density at radius 1 is 1.14 bits per heavy atom. The van der Waals surface area contributed by atoms with Crippen molar-refractivity contribution in [1.29, 1.82) is 0 Å². The molecule has 1 N–H and O–H groups in total. The van der Waals surface area contributed by atoms with Crippen molar-refractivity contribution in [3.63, 3.8) is 0 Å². The molecular weight excluding hydrogens is 264 g/mol. The number of hydrogen-bond donors (Lipinski definition) is 1. The molecule has 0 spiro atoms. The predicted octanol–water partition coefficient (Wildman–Crippen LogP) is 3.15. The number of aromatic nitrogens is 1. The van der Waals surface area contributed by atoms with Gasteiger partial charge >= 0.3 is 0 Å². The van der Waals surface area contributed by atoms with Gasteiger partial charge in [-0.2, -0.15) is 0 Å². The van der Waals surface area contributed by atoms with Gasteiger partial charge in [0.05, 0.1) is 12.3 Å². The zero-order valence-electron chi connectivity index (χ0n) is 13.3. The molecule has 0 aliphatic rings. The lowest BCUT2D eigenvalue weighted by Gasteiger charge is -2.20. The molecule has 2 rings (SSSR count). The van der Waals surface area contributed by atoms with Crippen LogP contribution in [0.3, 0.4) is 0 Å². The molecule has 0 aliphatic carbocycles. The molecule has 0 fully saturated rings. The topological polar surface area (TPSA) is 43.4 Å². The number of fused-ring (bicyclic) bond motifs is 1. The number of ether oxygens (including phenoxy) is 2.